The summed E-state index contributed by atoms with van der Waals surface area (Å²) in [5.74, 6) is -0.694. The molecule has 0 radical (unpaired) electrons. The summed E-state index contributed by atoms with van der Waals surface area (Å²) in [5.41, 5.74) is 0.490. The molecule has 0 aliphatic carbocycles. The lowest BCUT2D eigenvalue weighted by Crippen LogP contribution is -2.50. The number of carbonyl (C=O) groups is 1. The van der Waals surface area contributed by atoms with Crippen LogP contribution >= 0.6 is 38.9 Å². The van der Waals surface area contributed by atoms with Crippen molar-refractivity contribution in [3.05, 3.63) is 37.8 Å². The van der Waals surface area contributed by atoms with Gasteiger partial charge in [0, 0.05) is 5.56 Å². The summed E-state index contributed by atoms with van der Waals surface area (Å²) in [7, 11) is 1.79. The number of esters is 1. The predicted molar refractivity (Wildman–Crippen MR) is 90.1 cm³/mol. The number of hydroxylamine groups is 2. The molecular weight excluding hydrogens is 410 g/mol. The van der Waals surface area contributed by atoms with Gasteiger partial charge in [-0.05, 0) is 41.2 Å². The van der Waals surface area contributed by atoms with E-state index in [2.05, 4.69) is 20.9 Å². The number of aromatic nitrogens is 1. The summed E-state index contributed by atoms with van der Waals surface area (Å²) in [4.78, 5) is 18.2. The number of quaternary nitrogens is 1. The Morgan fingerprint density at radius 1 is 1.70 bits per heavy atom. The Labute approximate surface area is 149 Å². The molecule has 0 saturated carbocycles. The molecule has 7 nitrogen and oxygen atoms in total. The van der Waals surface area contributed by atoms with Gasteiger partial charge in [-0.2, -0.15) is 4.98 Å². The Balaban J connectivity index is 1.85. The second-order valence-electron chi connectivity index (χ2n) is 5.32. The molecule has 2 unspecified atom stereocenters. The first-order valence-corrected chi connectivity index (χ1v) is 8.64. The fraction of sp³-hybridized carbons (Fsp3) is 0.385. The van der Waals surface area contributed by atoms with Crippen LogP contribution in [0.15, 0.2) is 20.7 Å². The maximum Gasteiger partial charge on any atom is 0.379 e. The summed E-state index contributed by atoms with van der Waals surface area (Å²) in [6.45, 7) is 2.11. The van der Waals surface area contributed by atoms with Crippen LogP contribution in [0.1, 0.15) is 16.1 Å². The molecule has 0 bridgehead atoms. The van der Waals surface area contributed by atoms with Crippen LogP contribution in [-0.2, 0) is 4.74 Å². The molecule has 0 spiro atoms. The first kappa shape index (κ1) is 16.9. The van der Waals surface area contributed by atoms with Gasteiger partial charge in [0.05, 0.1) is 21.6 Å². The topological polar surface area (TPSA) is 78.6 Å². The number of likely N-dealkylation sites (N-methyl/N-ethyl adjacent to an activating group) is 1. The number of carbonyl (C=O) groups excluding carboxylic acids is 1. The molecule has 1 aliphatic heterocycles. The molecule has 0 aromatic carbocycles. The van der Waals surface area contributed by atoms with Crippen molar-refractivity contribution in [3.8, 4) is 0 Å². The normalized spacial score (nSPS) is 25.0. The molecule has 23 heavy (non-hydrogen) atoms. The third-order valence-electron chi connectivity index (χ3n) is 3.58. The standard InChI is InChI=1S/C13H13BrClN3O4S/c1-7-8(15)5-21-11(7)12(19)22-10-4-17(2)6-18(10,20)13-16-3-9(14)23-13/h3,5,10H,4,6H2,1-2H3. The summed E-state index contributed by atoms with van der Waals surface area (Å²) < 4.78 is 10.4. The Morgan fingerprint density at radius 3 is 3.00 bits per heavy atom. The highest BCUT2D eigenvalue weighted by molar-refractivity contribution is 9.11. The van der Waals surface area contributed by atoms with E-state index in [1.807, 2.05) is 0 Å². The Bertz CT molecular complexity index is 751. The van der Waals surface area contributed by atoms with Crippen molar-refractivity contribution in [2.75, 3.05) is 20.3 Å². The van der Waals surface area contributed by atoms with E-state index in [1.165, 1.54) is 17.6 Å². The van der Waals surface area contributed by atoms with Crippen LogP contribution in [0.25, 0.3) is 0 Å². The van der Waals surface area contributed by atoms with E-state index in [0.717, 1.165) is 3.79 Å². The molecule has 1 aliphatic rings. The number of thiazole rings is 1. The lowest BCUT2D eigenvalue weighted by molar-refractivity contribution is 0.00247. The van der Waals surface area contributed by atoms with Crippen molar-refractivity contribution in [2.24, 2.45) is 0 Å². The number of hydrogen-bond donors (Lipinski definition) is 0. The summed E-state index contributed by atoms with van der Waals surface area (Å²) in [6.07, 6.45) is 1.91. The van der Waals surface area contributed by atoms with Crippen molar-refractivity contribution in [1.82, 2.24) is 14.5 Å². The van der Waals surface area contributed by atoms with Crippen LogP contribution in [-0.4, -0.2) is 42.3 Å². The highest BCUT2D eigenvalue weighted by Gasteiger charge is 2.45. The van der Waals surface area contributed by atoms with Crippen molar-refractivity contribution in [2.45, 2.75) is 13.2 Å². The van der Waals surface area contributed by atoms with E-state index < -0.39 is 16.8 Å². The van der Waals surface area contributed by atoms with E-state index in [4.69, 9.17) is 20.8 Å². The molecular formula is C13H13BrClN3O4S. The monoisotopic (exact) mass is 421 g/mol. The van der Waals surface area contributed by atoms with Crippen molar-refractivity contribution in [3.63, 3.8) is 0 Å². The SMILES string of the molecule is Cc1c(Cl)coc1C(=O)OC1CN(C)C[N+]1([O-])c1ncc(Br)s1. The average Bonchev–Trinajstić information content (AvgIpc) is 3.12. The number of ether oxygens (including phenoxy) is 1. The zero-order valence-corrected chi connectivity index (χ0v) is 15.4. The van der Waals surface area contributed by atoms with E-state index in [1.54, 1.807) is 25.1 Å². The van der Waals surface area contributed by atoms with E-state index in [9.17, 15) is 10.0 Å². The van der Waals surface area contributed by atoms with E-state index in [-0.39, 0.29) is 12.4 Å². The van der Waals surface area contributed by atoms with Crippen molar-refractivity contribution < 1.29 is 13.9 Å². The van der Waals surface area contributed by atoms with Gasteiger partial charge in [-0.25, -0.2) is 9.69 Å². The second-order valence-corrected chi connectivity index (χ2v) is 8.12. The molecule has 3 heterocycles. The lowest BCUT2D eigenvalue weighted by atomic mass is 10.3. The summed E-state index contributed by atoms with van der Waals surface area (Å²) >= 11 is 10.4. The summed E-state index contributed by atoms with van der Waals surface area (Å²) in [6, 6.07) is 0. The lowest BCUT2D eigenvalue weighted by Gasteiger charge is -2.38. The molecule has 1 saturated heterocycles. The van der Waals surface area contributed by atoms with Gasteiger partial charge < -0.3 is 14.4 Å². The number of hydrogen-bond acceptors (Lipinski definition) is 7. The maximum atomic E-state index is 13.2. The van der Waals surface area contributed by atoms with E-state index >= 15 is 0 Å². The minimum atomic E-state index is -0.922. The van der Waals surface area contributed by atoms with Crippen LogP contribution in [0.5, 0.6) is 0 Å². The van der Waals surface area contributed by atoms with Gasteiger partial charge in [0.2, 0.25) is 5.76 Å². The van der Waals surface area contributed by atoms with Gasteiger partial charge >= 0.3 is 5.97 Å². The molecule has 3 rings (SSSR count). The zero-order valence-electron chi connectivity index (χ0n) is 12.3. The van der Waals surface area contributed by atoms with Gasteiger partial charge in [-0.1, -0.05) is 11.6 Å². The number of halogens is 2. The predicted octanol–water partition coefficient (Wildman–Crippen LogP) is 3.35. The van der Waals surface area contributed by atoms with Crippen LogP contribution in [0.2, 0.25) is 5.02 Å². The van der Waals surface area contributed by atoms with Crippen LogP contribution < -0.4 is 4.65 Å². The third kappa shape index (κ3) is 3.04. The molecule has 2 aromatic heterocycles. The van der Waals surface area contributed by atoms with Crippen molar-refractivity contribution in [1.29, 1.82) is 0 Å². The molecule has 1 fully saturated rings. The molecule has 2 atom stereocenters. The third-order valence-corrected chi connectivity index (χ3v) is 5.54. The Hall–Kier alpha value is -0.970. The highest BCUT2D eigenvalue weighted by atomic mass is 79.9. The quantitative estimate of drug-likeness (QED) is 0.429. The van der Waals surface area contributed by atoms with Crippen LogP contribution in [0.4, 0.5) is 5.13 Å². The molecule has 0 N–H and O–H groups in total. The largest absolute Gasteiger partial charge is 0.622 e. The Kier molecular flexibility index (Phi) is 4.51. The van der Waals surface area contributed by atoms with Gasteiger partial charge in [0.25, 0.3) is 11.4 Å². The minimum absolute atomic E-state index is 0.0106. The number of rotatable bonds is 3. The fourth-order valence-corrected chi connectivity index (χ4v) is 3.79. The van der Waals surface area contributed by atoms with Gasteiger partial charge in [-0.3, -0.25) is 4.65 Å². The average molecular weight is 423 g/mol. The zero-order chi connectivity index (χ0) is 16.8. The number of nitrogens with zero attached hydrogens (tertiary/aromatic N) is 3. The van der Waals surface area contributed by atoms with Gasteiger partial charge in [0.15, 0.2) is 0 Å². The highest BCUT2D eigenvalue weighted by Crippen LogP contribution is 2.37. The van der Waals surface area contributed by atoms with E-state index in [0.29, 0.717) is 22.3 Å². The Morgan fingerprint density at radius 2 is 2.43 bits per heavy atom. The molecule has 2 aromatic rings. The summed E-state index contributed by atoms with van der Waals surface area (Å²) in [5, 5.41) is 13.9. The second kappa shape index (κ2) is 6.15. The molecule has 124 valence electrons. The van der Waals surface area contributed by atoms with Gasteiger partial charge in [-0.15, -0.1) is 0 Å². The first-order valence-electron chi connectivity index (χ1n) is 6.65. The maximum absolute atomic E-state index is 13.2. The fourth-order valence-electron chi connectivity index (χ4n) is 2.41. The minimum Gasteiger partial charge on any atom is -0.622 e. The smallest absolute Gasteiger partial charge is 0.379 e. The molecule has 10 heteroatoms. The van der Waals surface area contributed by atoms with Crippen molar-refractivity contribution >= 4 is 50.0 Å². The van der Waals surface area contributed by atoms with Gasteiger partial charge in [0.1, 0.15) is 12.9 Å². The van der Waals surface area contributed by atoms with Crippen LogP contribution in [0.3, 0.4) is 0 Å². The number of furan rings is 1. The molecule has 0 amide bonds. The van der Waals surface area contributed by atoms with Crippen LogP contribution in [0, 0.1) is 12.1 Å². The first-order chi connectivity index (χ1) is 10.8.